The molecule has 3 aromatic rings. The van der Waals surface area contributed by atoms with E-state index in [2.05, 4.69) is 21.1 Å². The van der Waals surface area contributed by atoms with Crippen LogP contribution >= 0.6 is 0 Å². The van der Waals surface area contributed by atoms with Gasteiger partial charge >= 0.3 is 18.2 Å². The van der Waals surface area contributed by atoms with Gasteiger partial charge in [0.05, 0.1) is 36.0 Å². The topological polar surface area (TPSA) is 158 Å². The standard InChI is InChI=1S/C36H47F3N6O7/c1-21-18-45(22(2)20-46)33(47)29-17-28(40-34(48)42-32-24(4)43-52-25(32)5)14-15-30(29)51-23(3)9-7-8-16-50-31(21)19-44(6)35(49)41-27-12-10-26(11-13-27)36(37,38)39/h10-15,17,21-23,31,46H,7-9,16,18-20H2,1-6H3,(H,41,49)(H2,40,42,48)/t21-,22+,23+,31+/m1/s1. The maximum absolute atomic E-state index is 14.4. The van der Waals surface area contributed by atoms with Crippen molar-refractivity contribution in [1.29, 1.82) is 0 Å². The summed E-state index contributed by atoms with van der Waals surface area (Å²) in [4.78, 5) is 43.3. The van der Waals surface area contributed by atoms with E-state index in [-0.39, 0.29) is 43.0 Å². The number of likely N-dealkylation sites (N-methyl/N-ethyl adjacent to an activating group) is 1. The van der Waals surface area contributed by atoms with Gasteiger partial charge in [-0.25, -0.2) is 9.59 Å². The minimum Gasteiger partial charge on any atom is -0.490 e. The first-order valence-corrected chi connectivity index (χ1v) is 17.1. The van der Waals surface area contributed by atoms with Gasteiger partial charge in [-0.2, -0.15) is 13.2 Å². The van der Waals surface area contributed by atoms with Crippen LogP contribution in [-0.2, 0) is 10.9 Å². The van der Waals surface area contributed by atoms with Crippen molar-refractivity contribution < 1.29 is 46.7 Å². The minimum absolute atomic E-state index is 0.105. The average Bonchev–Trinajstić information content (AvgIpc) is 3.41. The second-order valence-corrected chi connectivity index (χ2v) is 13.2. The number of carbonyl (C=O) groups excluding carboxylic acids is 3. The first kappa shape index (κ1) is 39.9. The fourth-order valence-corrected chi connectivity index (χ4v) is 5.71. The molecule has 0 bridgehead atoms. The number of benzene rings is 2. The Kier molecular flexibility index (Phi) is 13.5. The number of ether oxygens (including phenoxy) is 2. The fourth-order valence-electron chi connectivity index (χ4n) is 5.71. The number of alkyl halides is 3. The van der Waals surface area contributed by atoms with Crippen LogP contribution in [0.4, 0.5) is 39.8 Å². The number of hydrogen-bond donors (Lipinski definition) is 4. The highest BCUT2D eigenvalue weighted by atomic mass is 19.4. The van der Waals surface area contributed by atoms with Gasteiger partial charge in [-0.15, -0.1) is 0 Å². The summed E-state index contributed by atoms with van der Waals surface area (Å²) in [5.74, 6) is -0.0471. The molecule has 0 unspecified atom stereocenters. The Bertz CT molecular complexity index is 1660. The molecule has 284 valence electrons. The van der Waals surface area contributed by atoms with Crippen molar-refractivity contribution in [1.82, 2.24) is 15.0 Å². The van der Waals surface area contributed by atoms with E-state index in [1.165, 1.54) is 28.0 Å². The zero-order valence-corrected chi connectivity index (χ0v) is 30.2. The first-order chi connectivity index (χ1) is 24.6. The number of aliphatic hydroxyl groups is 1. The van der Waals surface area contributed by atoms with Gasteiger partial charge in [0, 0.05) is 44.0 Å². The maximum atomic E-state index is 14.4. The number of rotatable bonds is 7. The predicted octanol–water partition coefficient (Wildman–Crippen LogP) is 6.91. The molecule has 4 atom stereocenters. The van der Waals surface area contributed by atoms with Crippen molar-refractivity contribution in [2.45, 2.75) is 78.3 Å². The second-order valence-electron chi connectivity index (χ2n) is 13.2. The van der Waals surface area contributed by atoms with Gasteiger partial charge in [0.15, 0.2) is 5.76 Å². The number of amides is 5. The van der Waals surface area contributed by atoms with Crippen molar-refractivity contribution in [2.24, 2.45) is 5.92 Å². The Morgan fingerprint density at radius 2 is 1.75 bits per heavy atom. The molecule has 5 amide bonds. The molecule has 4 rings (SSSR count). The monoisotopic (exact) mass is 732 g/mol. The third kappa shape index (κ3) is 10.6. The van der Waals surface area contributed by atoms with Crippen LogP contribution in [0.15, 0.2) is 47.0 Å². The van der Waals surface area contributed by atoms with E-state index in [1.54, 1.807) is 40.0 Å². The lowest BCUT2D eigenvalue weighted by molar-refractivity contribution is -0.137. The summed E-state index contributed by atoms with van der Waals surface area (Å²) >= 11 is 0. The number of halogens is 3. The third-order valence-electron chi connectivity index (χ3n) is 8.85. The van der Waals surface area contributed by atoms with Crippen molar-refractivity contribution in [3.8, 4) is 5.75 Å². The summed E-state index contributed by atoms with van der Waals surface area (Å²) in [5, 5.41) is 22.1. The molecule has 0 spiro atoms. The molecule has 0 saturated heterocycles. The highest BCUT2D eigenvalue weighted by Crippen LogP contribution is 2.31. The van der Waals surface area contributed by atoms with E-state index in [0.29, 0.717) is 48.0 Å². The lowest BCUT2D eigenvalue weighted by Gasteiger charge is -2.35. The molecule has 0 radical (unpaired) electrons. The van der Waals surface area contributed by atoms with E-state index >= 15 is 0 Å². The van der Waals surface area contributed by atoms with Crippen LogP contribution in [0.1, 0.15) is 67.4 Å². The van der Waals surface area contributed by atoms with Gasteiger partial charge in [0.2, 0.25) is 0 Å². The van der Waals surface area contributed by atoms with Crippen molar-refractivity contribution in [3.05, 3.63) is 65.0 Å². The van der Waals surface area contributed by atoms with Gasteiger partial charge < -0.3 is 44.9 Å². The molecule has 13 nitrogen and oxygen atoms in total. The van der Waals surface area contributed by atoms with Crippen LogP contribution in [0.5, 0.6) is 5.75 Å². The number of nitrogens with one attached hydrogen (secondary N) is 3. The number of aromatic nitrogens is 1. The molecule has 1 aromatic heterocycles. The van der Waals surface area contributed by atoms with Crippen LogP contribution in [0.2, 0.25) is 0 Å². The van der Waals surface area contributed by atoms with E-state index in [4.69, 9.17) is 14.0 Å². The molecule has 0 fully saturated rings. The number of aryl methyl sites for hydroxylation is 2. The van der Waals surface area contributed by atoms with Crippen LogP contribution < -0.4 is 20.7 Å². The molecule has 16 heteroatoms. The lowest BCUT2D eigenvalue weighted by atomic mass is 10.0. The number of hydrogen-bond acceptors (Lipinski definition) is 8. The highest BCUT2D eigenvalue weighted by Gasteiger charge is 2.32. The Hall–Kier alpha value is -4.83. The summed E-state index contributed by atoms with van der Waals surface area (Å²) < 4.78 is 56.6. The predicted molar refractivity (Wildman–Crippen MR) is 189 cm³/mol. The van der Waals surface area contributed by atoms with E-state index < -0.39 is 41.9 Å². The van der Waals surface area contributed by atoms with Crippen molar-refractivity contribution >= 4 is 35.0 Å². The average molecular weight is 733 g/mol. The molecular weight excluding hydrogens is 685 g/mol. The van der Waals surface area contributed by atoms with Crippen LogP contribution in [0.25, 0.3) is 0 Å². The van der Waals surface area contributed by atoms with E-state index in [0.717, 1.165) is 18.6 Å². The minimum atomic E-state index is -4.50. The smallest absolute Gasteiger partial charge is 0.416 e. The quantitative estimate of drug-likeness (QED) is 0.204. The Morgan fingerprint density at radius 3 is 2.38 bits per heavy atom. The summed E-state index contributed by atoms with van der Waals surface area (Å²) in [7, 11) is 1.55. The van der Waals surface area contributed by atoms with Gasteiger partial charge in [-0.1, -0.05) is 12.1 Å². The first-order valence-electron chi connectivity index (χ1n) is 17.1. The molecule has 2 aromatic carbocycles. The van der Waals surface area contributed by atoms with E-state index in [9.17, 15) is 32.7 Å². The molecule has 1 aliphatic heterocycles. The molecular formula is C36H47F3N6O7. The van der Waals surface area contributed by atoms with Crippen LogP contribution in [0.3, 0.4) is 0 Å². The number of carbonyl (C=O) groups is 3. The zero-order valence-electron chi connectivity index (χ0n) is 30.2. The summed E-state index contributed by atoms with van der Waals surface area (Å²) in [5.41, 5.74) is 0.804. The van der Waals surface area contributed by atoms with Crippen molar-refractivity contribution in [3.63, 3.8) is 0 Å². The Morgan fingerprint density at radius 1 is 1.06 bits per heavy atom. The Labute approximate surface area is 300 Å². The molecule has 4 N–H and O–H groups in total. The maximum Gasteiger partial charge on any atom is 0.416 e. The summed E-state index contributed by atoms with van der Waals surface area (Å²) in [6.45, 7) is 9.10. The molecule has 0 saturated carbocycles. The number of nitrogens with zero attached hydrogens (tertiary/aromatic N) is 3. The number of anilines is 3. The lowest BCUT2D eigenvalue weighted by Crippen LogP contribution is -2.48. The summed E-state index contributed by atoms with van der Waals surface area (Å²) in [6.07, 6.45) is -3.21. The highest BCUT2D eigenvalue weighted by molar-refractivity contribution is 6.03. The van der Waals surface area contributed by atoms with E-state index in [1.807, 2.05) is 13.8 Å². The molecule has 1 aliphatic rings. The van der Waals surface area contributed by atoms with Gasteiger partial charge in [-0.05, 0) is 89.4 Å². The largest absolute Gasteiger partial charge is 0.490 e. The van der Waals surface area contributed by atoms with Crippen molar-refractivity contribution in [2.75, 3.05) is 49.3 Å². The zero-order chi connectivity index (χ0) is 38.2. The number of urea groups is 2. The number of fused-ring (bicyclic) bond motifs is 1. The molecule has 0 aliphatic carbocycles. The molecule has 52 heavy (non-hydrogen) atoms. The molecule has 2 heterocycles. The van der Waals surface area contributed by atoms with Gasteiger partial charge in [0.25, 0.3) is 5.91 Å². The summed E-state index contributed by atoms with van der Waals surface area (Å²) in [6, 6.07) is 7.19. The fraction of sp³-hybridized carbons (Fsp3) is 0.500. The van der Waals surface area contributed by atoms with Crippen LogP contribution in [-0.4, -0.2) is 89.6 Å². The van der Waals surface area contributed by atoms with Gasteiger partial charge in [0.1, 0.15) is 17.1 Å². The van der Waals surface area contributed by atoms with Crippen LogP contribution in [0, 0.1) is 19.8 Å². The number of aliphatic hydroxyl groups excluding tert-OH is 1. The second kappa shape index (κ2) is 17.6. The third-order valence-corrected chi connectivity index (χ3v) is 8.85. The Balaban J connectivity index is 1.56. The normalized spacial score (nSPS) is 19.5. The van der Waals surface area contributed by atoms with Gasteiger partial charge in [-0.3, -0.25) is 4.79 Å². The SMILES string of the molecule is Cc1noc(C)c1NC(=O)Nc1ccc2c(c1)C(=O)N([C@@H](C)CO)C[C@@H](C)[C@H](CN(C)C(=O)Nc1ccc(C(F)(F)F)cc1)OCCCC[C@H](C)O2.